The summed E-state index contributed by atoms with van der Waals surface area (Å²) in [5.41, 5.74) is 4.07. The summed E-state index contributed by atoms with van der Waals surface area (Å²) >= 11 is 0. The minimum Gasteiger partial charge on any atom is -0.478 e. The van der Waals surface area contributed by atoms with Gasteiger partial charge >= 0.3 is 5.97 Å². The summed E-state index contributed by atoms with van der Waals surface area (Å²) in [4.78, 5) is 15.7. The van der Waals surface area contributed by atoms with Crippen molar-refractivity contribution in [2.75, 3.05) is 0 Å². The van der Waals surface area contributed by atoms with Crippen molar-refractivity contribution in [3.63, 3.8) is 0 Å². The van der Waals surface area contributed by atoms with E-state index in [1.54, 1.807) is 22.6 Å². The third-order valence-electron chi connectivity index (χ3n) is 3.83. The lowest BCUT2D eigenvalue weighted by Gasteiger charge is -2.09. The summed E-state index contributed by atoms with van der Waals surface area (Å²) in [7, 11) is 1.77. The van der Waals surface area contributed by atoms with Gasteiger partial charge in [-0.1, -0.05) is 0 Å². The fourth-order valence-electron chi connectivity index (χ4n) is 2.41. The van der Waals surface area contributed by atoms with Crippen LogP contribution >= 0.6 is 0 Å². The quantitative estimate of drug-likeness (QED) is 0.775. The van der Waals surface area contributed by atoms with Crippen molar-refractivity contribution >= 4 is 17.0 Å². The van der Waals surface area contributed by atoms with Crippen LogP contribution in [0.2, 0.25) is 0 Å². The molecule has 3 rings (SSSR count). The van der Waals surface area contributed by atoms with Gasteiger partial charge in [0.2, 0.25) is 0 Å². The number of rotatable bonds is 2. The van der Waals surface area contributed by atoms with Gasteiger partial charge in [-0.3, -0.25) is 4.68 Å². The summed E-state index contributed by atoms with van der Waals surface area (Å²) in [5.74, 6) is -1.03. The first-order valence-corrected chi connectivity index (χ1v) is 6.49. The SMILES string of the molecule is Cc1nn(-c2c(C(=O)O)cnc3c2cnn3C)c(C)c1C. The molecule has 0 atom stereocenters. The van der Waals surface area contributed by atoms with Gasteiger partial charge in [0.1, 0.15) is 5.56 Å². The third-order valence-corrected chi connectivity index (χ3v) is 3.83. The fraction of sp³-hybridized carbons (Fsp3) is 0.286. The zero-order chi connectivity index (χ0) is 15.3. The van der Waals surface area contributed by atoms with Crippen molar-refractivity contribution in [1.29, 1.82) is 0 Å². The molecule has 0 saturated heterocycles. The molecule has 0 radical (unpaired) electrons. The summed E-state index contributed by atoms with van der Waals surface area (Å²) in [6.45, 7) is 5.79. The van der Waals surface area contributed by atoms with Gasteiger partial charge in [0.15, 0.2) is 5.65 Å². The van der Waals surface area contributed by atoms with E-state index in [1.807, 2.05) is 20.8 Å². The summed E-state index contributed by atoms with van der Waals surface area (Å²) in [6.07, 6.45) is 2.98. The number of fused-ring (bicyclic) bond motifs is 1. The van der Waals surface area contributed by atoms with Gasteiger partial charge in [-0.25, -0.2) is 14.5 Å². The Morgan fingerprint density at radius 1 is 1.24 bits per heavy atom. The lowest BCUT2D eigenvalue weighted by atomic mass is 10.1. The number of nitrogens with zero attached hydrogens (tertiary/aromatic N) is 5. The first kappa shape index (κ1) is 13.3. The minimum absolute atomic E-state index is 0.112. The van der Waals surface area contributed by atoms with Crippen molar-refractivity contribution in [3.05, 3.63) is 34.9 Å². The largest absolute Gasteiger partial charge is 0.478 e. The Bertz CT molecular complexity index is 875. The number of carbonyl (C=O) groups is 1. The van der Waals surface area contributed by atoms with Gasteiger partial charge in [-0.05, 0) is 26.3 Å². The molecule has 3 heterocycles. The van der Waals surface area contributed by atoms with Crippen molar-refractivity contribution in [2.24, 2.45) is 7.05 Å². The predicted molar refractivity (Wildman–Crippen MR) is 76.8 cm³/mol. The molecule has 0 aliphatic carbocycles. The molecule has 3 aromatic rings. The lowest BCUT2D eigenvalue weighted by Crippen LogP contribution is -2.10. The van der Waals surface area contributed by atoms with Crippen molar-refractivity contribution in [3.8, 4) is 5.69 Å². The van der Waals surface area contributed by atoms with E-state index < -0.39 is 5.97 Å². The highest BCUT2D eigenvalue weighted by Gasteiger charge is 2.21. The smallest absolute Gasteiger partial charge is 0.339 e. The van der Waals surface area contributed by atoms with Crippen molar-refractivity contribution < 1.29 is 9.90 Å². The van der Waals surface area contributed by atoms with E-state index >= 15 is 0 Å². The second-order valence-electron chi connectivity index (χ2n) is 5.04. The standard InChI is InChI=1S/C14H15N5O2/c1-7-8(2)17-19(9(7)3)12-10-6-16-18(4)13(10)15-5-11(12)14(20)21/h5-6H,1-4H3,(H,20,21). The third kappa shape index (κ3) is 1.81. The van der Waals surface area contributed by atoms with Crippen LogP contribution in [0.3, 0.4) is 0 Å². The van der Waals surface area contributed by atoms with E-state index in [2.05, 4.69) is 15.2 Å². The van der Waals surface area contributed by atoms with E-state index in [4.69, 9.17) is 0 Å². The predicted octanol–water partition coefficient (Wildman–Crippen LogP) is 1.78. The Balaban J connectivity index is 2.46. The summed E-state index contributed by atoms with van der Waals surface area (Å²) in [5, 5.41) is 18.8. The molecule has 108 valence electrons. The molecule has 3 aromatic heterocycles. The molecule has 0 aliphatic heterocycles. The summed E-state index contributed by atoms with van der Waals surface area (Å²) < 4.78 is 3.28. The van der Waals surface area contributed by atoms with E-state index in [0.29, 0.717) is 16.7 Å². The van der Waals surface area contributed by atoms with Gasteiger partial charge in [-0.2, -0.15) is 10.2 Å². The normalized spacial score (nSPS) is 11.2. The van der Waals surface area contributed by atoms with Crippen LogP contribution in [0.25, 0.3) is 16.7 Å². The first-order chi connectivity index (χ1) is 9.91. The monoisotopic (exact) mass is 285 g/mol. The first-order valence-electron chi connectivity index (χ1n) is 6.49. The van der Waals surface area contributed by atoms with Gasteiger partial charge in [0.25, 0.3) is 0 Å². The second kappa shape index (κ2) is 4.41. The Kier molecular flexibility index (Phi) is 2.79. The fourth-order valence-corrected chi connectivity index (χ4v) is 2.41. The van der Waals surface area contributed by atoms with E-state index in [0.717, 1.165) is 17.0 Å². The minimum atomic E-state index is -1.03. The molecule has 1 N–H and O–H groups in total. The van der Waals surface area contributed by atoms with Crippen LogP contribution in [0.5, 0.6) is 0 Å². The van der Waals surface area contributed by atoms with Crippen LogP contribution in [0.15, 0.2) is 12.4 Å². The molecular formula is C14H15N5O2. The van der Waals surface area contributed by atoms with Crippen molar-refractivity contribution in [2.45, 2.75) is 20.8 Å². The average molecular weight is 285 g/mol. The molecule has 0 aliphatic rings. The van der Waals surface area contributed by atoms with Crippen LogP contribution in [0.1, 0.15) is 27.3 Å². The second-order valence-corrected chi connectivity index (χ2v) is 5.04. The Labute approximate surface area is 120 Å². The molecular weight excluding hydrogens is 270 g/mol. The highest BCUT2D eigenvalue weighted by Crippen LogP contribution is 2.26. The Morgan fingerprint density at radius 3 is 2.52 bits per heavy atom. The van der Waals surface area contributed by atoms with Crippen LogP contribution < -0.4 is 0 Å². The number of aromatic carboxylic acids is 1. The highest BCUT2D eigenvalue weighted by molar-refractivity contribution is 5.99. The molecule has 0 spiro atoms. The number of carboxylic acid groups (broad SMARTS) is 1. The van der Waals surface area contributed by atoms with Crippen LogP contribution in [0.4, 0.5) is 0 Å². The van der Waals surface area contributed by atoms with E-state index in [-0.39, 0.29) is 5.56 Å². The van der Waals surface area contributed by atoms with E-state index in [9.17, 15) is 9.90 Å². The topological polar surface area (TPSA) is 85.8 Å². The Morgan fingerprint density at radius 2 is 1.95 bits per heavy atom. The molecule has 21 heavy (non-hydrogen) atoms. The molecule has 0 amide bonds. The molecule has 0 bridgehead atoms. The number of aromatic nitrogens is 5. The number of aryl methyl sites for hydroxylation is 2. The van der Waals surface area contributed by atoms with Gasteiger partial charge < -0.3 is 5.11 Å². The number of hydrogen-bond acceptors (Lipinski definition) is 4. The number of hydrogen-bond donors (Lipinski definition) is 1. The van der Waals surface area contributed by atoms with Gasteiger partial charge in [0, 0.05) is 18.9 Å². The van der Waals surface area contributed by atoms with E-state index in [1.165, 1.54) is 6.20 Å². The Hall–Kier alpha value is -2.70. The highest BCUT2D eigenvalue weighted by atomic mass is 16.4. The molecule has 7 heteroatoms. The lowest BCUT2D eigenvalue weighted by molar-refractivity contribution is 0.0696. The summed E-state index contributed by atoms with van der Waals surface area (Å²) in [6, 6.07) is 0. The molecule has 0 unspecified atom stereocenters. The zero-order valence-electron chi connectivity index (χ0n) is 12.2. The molecule has 0 saturated carbocycles. The van der Waals surface area contributed by atoms with Gasteiger partial charge in [-0.15, -0.1) is 0 Å². The molecule has 7 nitrogen and oxygen atoms in total. The van der Waals surface area contributed by atoms with Gasteiger partial charge in [0.05, 0.1) is 23.0 Å². The maximum atomic E-state index is 11.5. The number of pyridine rings is 1. The van der Waals surface area contributed by atoms with Crippen LogP contribution in [0, 0.1) is 20.8 Å². The maximum Gasteiger partial charge on any atom is 0.339 e. The molecule has 0 aromatic carbocycles. The molecule has 0 fully saturated rings. The zero-order valence-corrected chi connectivity index (χ0v) is 12.2. The van der Waals surface area contributed by atoms with Crippen LogP contribution in [-0.2, 0) is 7.05 Å². The maximum absolute atomic E-state index is 11.5. The van der Waals surface area contributed by atoms with Crippen LogP contribution in [-0.4, -0.2) is 35.6 Å². The van der Waals surface area contributed by atoms with Crippen molar-refractivity contribution in [1.82, 2.24) is 24.5 Å². The average Bonchev–Trinajstić information content (AvgIpc) is 2.94. The number of carboxylic acids is 1.